The van der Waals surface area contributed by atoms with Crippen molar-refractivity contribution in [1.82, 2.24) is 24.6 Å². The van der Waals surface area contributed by atoms with E-state index in [1.807, 2.05) is 44.4 Å². The molecule has 6 atom stereocenters. The second kappa shape index (κ2) is 13.6. The minimum absolute atomic E-state index is 0.325. The van der Waals surface area contributed by atoms with Gasteiger partial charge in [0.2, 0.25) is 0 Å². The average Bonchev–Trinajstić information content (AvgIpc) is 3.53. The van der Waals surface area contributed by atoms with E-state index in [0.29, 0.717) is 28.6 Å². The standard InChI is InChI=1S/C30H37ClFN6O6PS/c1-17(2)42-29(40)18(3)36-45(46,44-22-13-9-11-20-10-7-8-12-21(20)22)41-15-30(14-31)25(39)23(32)28(43-30)38-16-33-24-26(37(5)6)34-19(4)35-27(24)38/h7-13,16-18,23,25,28,39H,14-15H2,1-6H3,(H,36,46)/t18-,23+,25+,28-,30-,45+/m1/s1. The van der Waals surface area contributed by atoms with Gasteiger partial charge in [-0.3, -0.25) is 9.36 Å². The molecule has 0 unspecified atom stereocenters. The molecule has 12 nitrogen and oxygen atoms in total. The average molecular weight is 695 g/mol. The second-order valence-corrected chi connectivity index (χ2v) is 15.0. The van der Waals surface area contributed by atoms with Crippen LogP contribution in [0, 0.1) is 6.92 Å². The Morgan fingerprint density at radius 1 is 1.24 bits per heavy atom. The van der Waals surface area contributed by atoms with Crippen LogP contribution in [0.2, 0.25) is 0 Å². The summed E-state index contributed by atoms with van der Waals surface area (Å²) in [4.78, 5) is 27.8. The summed E-state index contributed by atoms with van der Waals surface area (Å²) in [5.41, 5.74) is -0.999. The lowest BCUT2D eigenvalue weighted by atomic mass is 9.99. The molecule has 0 amide bonds. The number of alkyl halides is 2. The summed E-state index contributed by atoms with van der Waals surface area (Å²) in [7, 11) is 3.62. The number of halogens is 2. The number of nitrogens with zero attached hydrogens (tertiary/aromatic N) is 5. The van der Waals surface area contributed by atoms with Crippen LogP contribution in [0.3, 0.4) is 0 Å². The van der Waals surface area contributed by atoms with E-state index in [2.05, 4.69) is 20.0 Å². The van der Waals surface area contributed by atoms with Crippen LogP contribution in [-0.4, -0.2) is 87.2 Å². The van der Waals surface area contributed by atoms with Crippen molar-refractivity contribution >= 4 is 63.8 Å². The number of aliphatic hydroxyl groups is 1. The Kier molecular flexibility index (Phi) is 10.2. The predicted molar refractivity (Wildman–Crippen MR) is 178 cm³/mol. The zero-order valence-electron chi connectivity index (χ0n) is 26.3. The van der Waals surface area contributed by atoms with Crippen molar-refractivity contribution in [2.75, 3.05) is 31.5 Å². The van der Waals surface area contributed by atoms with Gasteiger partial charge in [0.1, 0.15) is 29.3 Å². The van der Waals surface area contributed by atoms with Gasteiger partial charge >= 0.3 is 12.6 Å². The van der Waals surface area contributed by atoms with Crippen LogP contribution in [-0.2, 0) is 30.6 Å². The van der Waals surface area contributed by atoms with Gasteiger partial charge in [0.15, 0.2) is 29.4 Å². The summed E-state index contributed by atoms with van der Waals surface area (Å²) in [6, 6.07) is 12.1. The molecule has 5 rings (SSSR count). The van der Waals surface area contributed by atoms with Crippen molar-refractivity contribution in [2.45, 2.75) is 63.9 Å². The van der Waals surface area contributed by atoms with Crippen molar-refractivity contribution in [2.24, 2.45) is 0 Å². The van der Waals surface area contributed by atoms with E-state index in [1.54, 1.807) is 44.7 Å². The summed E-state index contributed by atoms with van der Waals surface area (Å²) in [6.45, 7) is 2.64. The molecule has 0 spiro atoms. The molecule has 3 heterocycles. The molecule has 1 fully saturated rings. The molecule has 0 radical (unpaired) electrons. The molecule has 1 aliphatic heterocycles. The van der Waals surface area contributed by atoms with Crippen LogP contribution in [0.25, 0.3) is 21.9 Å². The highest BCUT2D eigenvalue weighted by atomic mass is 35.5. The van der Waals surface area contributed by atoms with E-state index in [4.69, 9.17) is 41.9 Å². The first-order chi connectivity index (χ1) is 21.8. The SMILES string of the molecule is Cc1nc(N(C)C)c2ncn([C@@H]3O[C@](CCl)(CO[P@@](=S)(N[C@H](C)C(=O)OC(C)C)Oc4cccc5ccccc45)[C@@H](O)[C@@H]3F)c2n1. The highest BCUT2D eigenvalue weighted by Gasteiger charge is 2.57. The summed E-state index contributed by atoms with van der Waals surface area (Å²) in [5.74, 6) is 0.474. The van der Waals surface area contributed by atoms with E-state index in [1.165, 1.54) is 10.9 Å². The van der Waals surface area contributed by atoms with Gasteiger partial charge < -0.3 is 28.5 Å². The molecule has 2 aromatic carbocycles. The number of aromatic nitrogens is 4. The highest BCUT2D eigenvalue weighted by molar-refractivity contribution is 8.09. The summed E-state index contributed by atoms with van der Waals surface area (Å²) < 4.78 is 41.5. The predicted octanol–water partition coefficient (Wildman–Crippen LogP) is 4.81. The number of ether oxygens (including phenoxy) is 2. The van der Waals surface area contributed by atoms with Crippen LogP contribution in [0.15, 0.2) is 48.8 Å². The maximum Gasteiger partial charge on any atom is 0.323 e. The third kappa shape index (κ3) is 6.84. The molecule has 0 bridgehead atoms. The number of benzene rings is 2. The van der Waals surface area contributed by atoms with Crippen molar-refractivity contribution in [1.29, 1.82) is 0 Å². The van der Waals surface area contributed by atoms with Crippen molar-refractivity contribution in [3.05, 3.63) is 54.6 Å². The first-order valence-electron chi connectivity index (χ1n) is 14.6. The fourth-order valence-corrected chi connectivity index (χ4v) is 7.86. The Labute approximate surface area is 276 Å². The molecule has 1 saturated heterocycles. The number of aliphatic hydroxyl groups excluding tert-OH is 1. The van der Waals surface area contributed by atoms with Gasteiger partial charge in [-0.15, -0.1) is 11.6 Å². The van der Waals surface area contributed by atoms with Gasteiger partial charge in [-0.05, 0) is 51.0 Å². The number of hydrogen-bond acceptors (Lipinski definition) is 11. The molecular weight excluding hydrogens is 658 g/mol. The maximum absolute atomic E-state index is 16.0. The second-order valence-electron chi connectivity index (χ2n) is 11.6. The normalized spacial score (nSPS) is 23.5. The topological polar surface area (TPSA) is 133 Å². The first kappa shape index (κ1) is 34.4. The van der Waals surface area contributed by atoms with Crippen LogP contribution in [0.4, 0.5) is 10.2 Å². The monoisotopic (exact) mass is 694 g/mol. The highest BCUT2D eigenvalue weighted by Crippen LogP contribution is 2.50. The molecule has 248 valence electrons. The summed E-state index contributed by atoms with van der Waals surface area (Å²) >= 11 is 12.3. The van der Waals surface area contributed by atoms with Crippen LogP contribution in [0.5, 0.6) is 5.75 Å². The molecule has 1 aliphatic rings. The van der Waals surface area contributed by atoms with Gasteiger partial charge in [-0.25, -0.2) is 24.4 Å². The number of hydrogen-bond donors (Lipinski definition) is 2. The lowest BCUT2D eigenvalue weighted by Crippen LogP contribution is -2.48. The van der Waals surface area contributed by atoms with E-state index in [9.17, 15) is 9.90 Å². The van der Waals surface area contributed by atoms with Gasteiger partial charge in [-0.1, -0.05) is 36.4 Å². The fourth-order valence-electron chi connectivity index (χ4n) is 5.12. The van der Waals surface area contributed by atoms with Crippen LogP contribution >= 0.6 is 18.2 Å². The number of anilines is 1. The zero-order valence-corrected chi connectivity index (χ0v) is 28.7. The minimum atomic E-state index is -3.63. The molecule has 2 aromatic heterocycles. The lowest BCUT2D eigenvalue weighted by Gasteiger charge is -2.33. The molecule has 2 N–H and O–H groups in total. The number of aryl methyl sites for hydroxylation is 1. The molecule has 4 aromatic rings. The number of nitrogens with one attached hydrogen (secondary N) is 1. The van der Waals surface area contributed by atoms with Gasteiger partial charge in [0.25, 0.3) is 0 Å². The van der Waals surface area contributed by atoms with E-state index in [-0.39, 0.29) is 12.0 Å². The van der Waals surface area contributed by atoms with Gasteiger partial charge in [0, 0.05) is 19.5 Å². The van der Waals surface area contributed by atoms with E-state index in [0.717, 1.165) is 10.8 Å². The molecule has 0 aliphatic carbocycles. The zero-order chi connectivity index (χ0) is 33.4. The van der Waals surface area contributed by atoms with E-state index >= 15 is 4.39 Å². The van der Waals surface area contributed by atoms with Crippen molar-refractivity contribution in [3.8, 4) is 5.75 Å². The quantitative estimate of drug-likeness (QED) is 0.120. The smallest absolute Gasteiger partial charge is 0.323 e. The number of esters is 1. The molecule has 16 heteroatoms. The molecule has 46 heavy (non-hydrogen) atoms. The number of imidazole rings is 1. The number of rotatable bonds is 12. The Hall–Kier alpha value is -2.97. The Morgan fingerprint density at radius 2 is 1.96 bits per heavy atom. The molecule has 0 saturated carbocycles. The first-order valence-corrected chi connectivity index (χ1v) is 17.8. The van der Waals surface area contributed by atoms with Crippen molar-refractivity contribution in [3.63, 3.8) is 0 Å². The largest absolute Gasteiger partial charge is 0.462 e. The molecular formula is C30H37ClFN6O6PS. The number of carbonyl (C=O) groups excluding carboxylic acids is 1. The van der Waals surface area contributed by atoms with Crippen LogP contribution < -0.4 is 14.5 Å². The fraction of sp³-hybridized carbons (Fsp3) is 0.467. The van der Waals surface area contributed by atoms with Gasteiger partial charge in [-0.2, -0.15) is 0 Å². The third-order valence-electron chi connectivity index (χ3n) is 7.41. The van der Waals surface area contributed by atoms with Crippen LogP contribution in [0.1, 0.15) is 32.8 Å². The third-order valence-corrected chi connectivity index (χ3v) is 10.3. The Morgan fingerprint density at radius 3 is 2.65 bits per heavy atom. The number of fused-ring (bicyclic) bond motifs is 2. The van der Waals surface area contributed by atoms with E-state index < -0.39 is 49.4 Å². The maximum atomic E-state index is 16.0. The lowest BCUT2D eigenvalue weighted by molar-refractivity contribution is -0.149. The van der Waals surface area contributed by atoms with Crippen molar-refractivity contribution < 1.29 is 32.8 Å². The van der Waals surface area contributed by atoms with Gasteiger partial charge in [0.05, 0.1) is 24.9 Å². The minimum Gasteiger partial charge on any atom is -0.462 e. The Bertz CT molecular complexity index is 1780. The summed E-state index contributed by atoms with van der Waals surface area (Å²) in [5, 5.41) is 15.9. The summed E-state index contributed by atoms with van der Waals surface area (Å²) in [6.07, 6.45) is -4.00. The Balaban J connectivity index is 1.46. The number of carbonyl (C=O) groups is 1.